The fraction of sp³-hybridized carbons (Fsp3) is 0.364. The molecular weight excluding hydrogens is 356 g/mol. The second-order valence-electron chi connectivity index (χ2n) is 6.71. The highest BCUT2D eigenvalue weighted by atomic mass is 16.5. The van der Waals surface area contributed by atoms with Crippen LogP contribution in [0.25, 0.3) is 0 Å². The minimum absolute atomic E-state index is 0.0734. The topological polar surface area (TPSA) is 67.9 Å². The molecular formula is C22H28N2O4. The molecule has 0 saturated heterocycles. The molecule has 0 unspecified atom stereocenters. The molecule has 0 spiro atoms. The van der Waals surface area contributed by atoms with Crippen molar-refractivity contribution in [3.63, 3.8) is 0 Å². The zero-order valence-corrected chi connectivity index (χ0v) is 16.9. The lowest BCUT2D eigenvalue weighted by Gasteiger charge is -2.24. The van der Waals surface area contributed by atoms with Crippen LogP contribution in [-0.4, -0.2) is 36.7 Å². The van der Waals surface area contributed by atoms with E-state index in [2.05, 4.69) is 5.32 Å². The first-order valence-corrected chi connectivity index (χ1v) is 9.43. The van der Waals surface area contributed by atoms with Crippen molar-refractivity contribution in [2.75, 3.05) is 19.0 Å². The molecule has 0 radical (unpaired) electrons. The number of nitrogens with one attached hydrogen (secondary N) is 1. The molecule has 2 rings (SSSR count). The van der Waals surface area contributed by atoms with Crippen LogP contribution in [0.15, 0.2) is 48.5 Å². The van der Waals surface area contributed by atoms with E-state index >= 15 is 0 Å². The van der Waals surface area contributed by atoms with Gasteiger partial charge >= 0.3 is 12.0 Å². The Morgan fingerprint density at radius 3 is 2.43 bits per heavy atom. The number of rotatable bonds is 8. The van der Waals surface area contributed by atoms with E-state index in [1.165, 1.54) is 7.11 Å². The van der Waals surface area contributed by atoms with Gasteiger partial charge in [0.1, 0.15) is 5.75 Å². The molecule has 0 aliphatic rings. The van der Waals surface area contributed by atoms with Crippen LogP contribution in [-0.2, 0) is 11.3 Å². The number of hydrogen-bond acceptors (Lipinski definition) is 4. The van der Waals surface area contributed by atoms with Crippen molar-refractivity contribution in [1.29, 1.82) is 0 Å². The van der Waals surface area contributed by atoms with Gasteiger partial charge in [0.15, 0.2) is 0 Å². The van der Waals surface area contributed by atoms with Gasteiger partial charge in [-0.15, -0.1) is 0 Å². The number of ether oxygens (including phenoxy) is 2. The molecule has 0 heterocycles. The van der Waals surface area contributed by atoms with Crippen LogP contribution in [0.3, 0.4) is 0 Å². The summed E-state index contributed by atoms with van der Waals surface area (Å²) in [6.07, 6.45) is 0.758. The molecule has 1 N–H and O–H groups in total. The van der Waals surface area contributed by atoms with Gasteiger partial charge in [0.25, 0.3) is 0 Å². The maximum atomic E-state index is 12.9. The van der Waals surface area contributed by atoms with Crippen molar-refractivity contribution in [1.82, 2.24) is 4.90 Å². The lowest BCUT2D eigenvalue weighted by Crippen LogP contribution is -2.35. The predicted molar refractivity (Wildman–Crippen MR) is 110 cm³/mol. The van der Waals surface area contributed by atoms with Gasteiger partial charge < -0.3 is 19.7 Å². The van der Waals surface area contributed by atoms with Gasteiger partial charge in [-0.05, 0) is 44.0 Å². The van der Waals surface area contributed by atoms with Crippen LogP contribution < -0.4 is 10.1 Å². The largest absolute Gasteiger partial charge is 0.489 e. The van der Waals surface area contributed by atoms with E-state index in [9.17, 15) is 9.59 Å². The van der Waals surface area contributed by atoms with Crippen LogP contribution in [0.5, 0.6) is 5.75 Å². The van der Waals surface area contributed by atoms with Crippen LogP contribution in [0, 0.1) is 0 Å². The molecule has 0 aromatic heterocycles. The predicted octanol–water partition coefficient (Wildman–Crippen LogP) is 4.70. The van der Waals surface area contributed by atoms with Crippen LogP contribution in [0.1, 0.15) is 43.1 Å². The lowest BCUT2D eigenvalue weighted by molar-refractivity contribution is 0.0600. The van der Waals surface area contributed by atoms with E-state index in [0.717, 1.165) is 12.0 Å². The van der Waals surface area contributed by atoms with Crippen molar-refractivity contribution in [2.45, 2.75) is 39.8 Å². The summed E-state index contributed by atoms with van der Waals surface area (Å²) in [5, 5.41) is 2.89. The number of hydrogen-bond donors (Lipinski definition) is 1. The monoisotopic (exact) mass is 384 g/mol. The van der Waals surface area contributed by atoms with Gasteiger partial charge in [-0.2, -0.15) is 0 Å². The minimum atomic E-state index is -0.471. The molecule has 0 bridgehead atoms. The Morgan fingerprint density at radius 2 is 1.82 bits per heavy atom. The summed E-state index contributed by atoms with van der Waals surface area (Å²) in [6.45, 7) is 6.93. The van der Waals surface area contributed by atoms with E-state index in [1.54, 1.807) is 23.1 Å². The fourth-order valence-corrected chi connectivity index (χ4v) is 2.75. The third-order valence-corrected chi connectivity index (χ3v) is 4.00. The van der Waals surface area contributed by atoms with Crippen molar-refractivity contribution in [2.24, 2.45) is 0 Å². The zero-order valence-electron chi connectivity index (χ0n) is 16.9. The Bertz CT molecular complexity index is 790. The summed E-state index contributed by atoms with van der Waals surface area (Å²) in [5.74, 6) is 0.0356. The van der Waals surface area contributed by atoms with Crippen LogP contribution in [0.4, 0.5) is 10.5 Å². The highest BCUT2D eigenvalue weighted by Gasteiger charge is 2.18. The maximum Gasteiger partial charge on any atom is 0.337 e. The zero-order chi connectivity index (χ0) is 20.5. The minimum Gasteiger partial charge on any atom is -0.489 e. The van der Waals surface area contributed by atoms with Gasteiger partial charge in [-0.1, -0.05) is 37.3 Å². The number of amides is 2. The third kappa shape index (κ3) is 6.01. The summed E-state index contributed by atoms with van der Waals surface area (Å²) in [5.41, 5.74) is 1.84. The van der Waals surface area contributed by atoms with E-state index in [-0.39, 0.29) is 12.1 Å². The Labute approximate surface area is 166 Å². The summed E-state index contributed by atoms with van der Waals surface area (Å²) >= 11 is 0. The molecule has 2 aromatic rings. The van der Waals surface area contributed by atoms with Crippen LogP contribution in [0.2, 0.25) is 0 Å². The van der Waals surface area contributed by atoms with Gasteiger partial charge in [0.05, 0.1) is 24.5 Å². The van der Waals surface area contributed by atoms with E-state index in [1.807, 2.05) is 51.1 Å². The molecule has 6 nitrogen and oxygen atoms in total. The molecule has 6 heteroatoms. The number of esters is 1. The Hall–Kier alpha value is -3.02. The first-order valence-electron chi connectivity index (χ1n) is 9.43. The molecule has 2 amide bonds. The molecule has 0 aliphatic carbocycles. The number of benzene rings is 2. The standard InChI is InChI=1S/C22H28N2O4/c1-5-13-24(15-17-9-7-6-8-10-17)22(26)23-19-14-18(21(25)27-4)11-12-20(19)28-16(2)3/h6-12,14,16H,5,13,15H2,1-4H3,(H,23,26). The van der Waals surface area contributed by atoms with E-state index in [0.29, 0.717) is 30.1 Å². The second kappa shape index (κ2) is 10.3. The van der Waals surface area contributed by atoms with E-state index < -0.39 is 5.97 Å². The first-order chi connectivity index (χ1) is 13.4. The highest BCUT2D eigenvalue weighted by Crippen LogP contribution is 2.28. The number of anilines is 1. The molecule has 0 fully saturated rings. The third-order valence-electron chi connectivity index (χ3n) is 4.00. The maximum absolute atomic E-state index is 12.9. The summed E-state index contributed by atoms with van der Waals surface area (Å²) < 4.78 is 10.6. The number of methoxy groups -OCH3 is 1. The van der Waals surface area contributed by atoms with Crippen molar-refractivity contribution in [3.05, 3.63) is 59.7 Å². The number of carbonyl (C=O) groups excluding carboxylic acids is 2. The van der Waals surface area contributed by atoms with Crippen molar-refractivity contribution >= 4 is 17.7 Å². The van der Waals surface area contributed by atoms with Crippen molar-refractivity contribution < 1.29 is 19.1 Å². The second-order valence-corrected chi connectivity index (χ2v) is 6.71. The Morgan fingerprint density at radius 1 is 1.11 bits per heavy atom. The summed E-state index contributed by atoms with van der Waals surface area (Å²) in [6, 6.07) is 14.4. The number of urea groups is 1. The van der Waals surface area contributed by atoms with Gasteiger partial charge in [0.2, 0.25) is 0 Å². The lowest BCUT2D eigenvalue weighted by atomic mass is 10.2. The summed E-state index contributed by atoms with van der Waals surface area (Å²) in [4.78, 5) is 26.6. The fourth-order valence-electron chi connectivity index (χ4n) is 2.75. The average Bonchev–Trinajstić information content (AvgIpc) is 2.68. The Kier molecular flexibility index (Phi) is 7.87. The average molecular weight is 384 g/mol. The summed E-state index contributed by atoms with van der Waals surface area (Å²) in [7, 11) is 1.32. The molecule has 150 valence electrons. The van der Waals surface area contributed by atoms with Crippen molar-refractivity contribution in [3.8, 4) is 5.75 Å². The van der Waals surface area contributed by atoms with Gasteiger partial charge in [0, 0.05) is 13.1 Å². The molecule has 0 aliphatic heterocycles. The van der Waals surface area contributed by atoms with Gasteiger partial charge in [-0.3, -0.25) is 0 Å². The normalized spacial score (nSPS) is 10.5. The smallest absolute Gasteiger partial charge is 0.337 e. The SMILES string of the molecule is CCCN(Cc1ccccc1)C(=O)Nc1cc(C(=O)OC)ccc1OC(C)C. The first kappa shape index (κ1) is 21.3. The number of nitrogens with zero attached hydrogens (tertiary/aromatic N) is 1. The van der Waals surface area contributed by atoms with Gasteiger partial charge in [-0.25, -0.2) is 9.59 Å². The molecule has 0 saturated carbocycles. The molecule has 2 aromatic carbocycles. The molecule has 0 atom stereocenters. The van der Waals surface area contributed by atoms with E-state index in [4.69, 9.17) is 9.47 Å². The Balaban J connectivity index is 2.25. The van der Waals surface area contributed by atoms with Crippen LogP contribution >= 0.6 is 0 Å². The highest BCUT2D eigenvalue weighted by molar-refractivity contribution is 5.95. The molecule has 28 heavy (non-hydrogen) atoms. The number of carbonyl (C=O) groups is 2. The quantitative estimate of drug-likeness (QED) is 0.670.